The molecule has 1 aromatic carbocycles. The molecule has 3 amide bonds. The van der Waals surface area contributed by atoms with Crippen LogP contribution >= 0.6 is 18.9 Å². The van der Waals surface area contributed by atoms with Gasteiger partial charge in [0.1, 0.15) is 12.1 Å². The third kappa shape index (κ3) is 6.17. The van der Waals surface area contributed by atoms with Crippen LogP contribution in [0.15, 0.2) is 24.3 Å². The summed E-state index contributed by atoms with van der Waals surface area (Å²) in [4.78, 5) is 42.7. The molecule has 3 saturated heterocycles. The number of hydrogen-bond acceptors (Lipinski definition) is 9. The summed E-state index contributed by atoms with van der Waals surface area (Å²) in [6.45, 7) is 3.31. The van der Waals surface area contributed by atoms with Crippen LogP contribution in [0, 0.1) is 11.8 Å². The average Bonchev–Trinajstić information content (AvgIpc) is 3.32. The fourth-order valence-electron chi connectivity index (χ4n) is 7.01. The van der Waals surface area contributed by atoms with Gasteiger partial charge in [-0.25, -0.2) is 0 Å². The predicted molar refractivity (Wildman–Crippen MR) is 163 cm³/mol. The zero-order valence-corrected chi connectivity index (χ0v) is 26.9. The Balaban J connectivity index is 1.20. The lowest BCUT2D eigenvalue weighted by molar-refractivity contribution is -0.143. The molecule has 45 heavy (non-hydrogen) atoms. The Morgan fingerprint density at radius 1 is 1.09 bits per heavy atom. The molecule has 0 spiro atoms. The third-order valence-corrected chi connectivity index (χ3v) is 12.6. The van der Waals surface area contributed by atoms with Crippen LogP contribution in [0.1, 0.15) is 61.2 Å². The van der Waals surface area contributed by atoms with Crippen LogP contribution < -0.4 is 16.0 Å². The van der Waals surface area contributed by atoms with Crippen LogP contribution in [-0.4, -0.2) is 84.3 Å². The number of amides is 3. The number of aliphatic hydroxyl groups excluding tert-OH is 1. The average molecular weight is 669 g/mol. The Bertz CT molecular complexity index is 1510. The lowest BCUT2D eigenvalue weighted by Gasteiger charge is -2.35. The number of rotatable bonds is 10. The van der Waals surface area contributed by atoms with Crippen molar-refractivity contribution in [1.82, 2.24) is 20.9 Å². The van der Waals surface area contributed by atoms with Crippen molar-refractivity contribution in [3.63, 3.8) is 0 Å². The molecule has 1 aliphatic carbocycles. The van der Waals surface area contributed by atoms with Crippen molar-refractivity contribution < 1.29 is 41.9 Å². The highest BCUT2D eigenvalue weighted by Crippen LogP contribution is 2.67. The van der Waals surface area contributed by atoms with E-state index in [2.05, 4.69) is 16.0 Å². The van der Waals surface area contributed by atoms with Crippen molar-refractivity contribution in [2.24, 2.45) is 11.8 Å². The van der Waals surface area contributed by atoms with E-state index in [9.17, 15) is 24.1 Å². The summed E-state index contributed by atoms with van der Waals surface area (Å²) in [5.41, 5.74) is -4.46. The summed E-state index contributed by atoms with van der Waals surface area (Å²) in [7, 11) is -4.80. The van der Waals surface area contributed by atoms with E-state index in [1.54, 1.807) is 4.90 Å². The molecule has 0 unspecified atom stereocenters. The predicted octanol–water partition coefficient (Wildman–Crippen LogP) is 3.55. The second kappa shape index (κ2) is 12.6. The number of β-amino-alcohol motifs (C(OH)–C–C–N with tert-alkyl or cyclic N) is 1. The number of fused-ring (bicyclic) bond motifs is 3. The molecule has 1 saturated carbocycles. The molecule has 7 atom stereocenters. The van der Waals surface area contributed by atoms with Gasteiger partial charge >= 0.3 is 13.3 Å². The number of nitrogens with zero attached hydrogens (tertiary/aromatic N) is 1. The molecule has 4 N–H and O–H groups in total. The van der Waals surface area contributed by atoms with Gasteiger partial charge < -0.3 is 35.0 Å². The van der Waals surface area contributed by atoms with Gasteiger partial charge in [-0.2, -0.15) is 8.78 Å². The molecule has 4 aliphatic rings. The van der Waals surface area contributed by atoms with Crippen LogP contribution in [-0.2, 0) is 28.9 Å². The van der Waals surface area contributed by atoms with Gasteiger partial charge in [0.25, 0.3) is 5.91 Å². The van der Waals surface area contributed by atoms with E-state index < -0.39 is 49.0 Å². The minimum atomic E-state index is -4.80. The number of carbonyl (C=O) groups excluding carboxylic acids is 3. The van der Waals surface area contributed by atoms with Crippen molar-refractivity contribution in [3.8, 4) is 0 Å². The first-order valence-corrected chi connectivity index (χ1v) is 17.9. The quantitative estimate of drug-likeness (QED) is 0.282. The first kappa shape index (κ1) is 32.5. The smallest absolute Gasteiger partial charge is 0.390 e. The minimum absolute atomic E-state index is 0.0941. The zero-order chi connectivity index (χ0) is 32.1. The fraction of sp³-hybridized carbons (Fsp3) is 0.633. The molecule has 4 heterocycles. The van der Waals surface area contributed by atoms with Gasteiger partial charge in [0.15, 0.2) is 0 Å². The molecule has 4 fully saturated rings. The molecular weight excluding hydrogens is 629 g/mol. The molecule has 1 aromatic heterocycles. The Kier molecular flexibility index (Phi) is 9.10. The van der Waals surface area contributed by atoms with E-state index in [1.165, 1.54) is 32.0 Å². The van der Waals surface area contributed by atoms with Gasteiger partial charge in [-0.15, -0.1) is 11.3 Å². The number of nitrogens with one attached hydrogen (secondary N) is 3. The lowest BCUT2D eigenvalue weighted by atomic mass is 9.99. The van der Waals surface area contributed by atoms with Crippen molar-refractivity contribution in [2.45, 2.75) is 81.9 Å². The monoisotopic (exact) mass is 668 g/mol. The number of aliphatic hydroxyl groups is 1. The Morgan fingerprint density at radius 2 is 1.82 bits per heavy atom. The van der Waals surface area contributed by atoms with Crippen molar-refractivity contribution >= 4 is 46.7 Å². The Morgan fingerprint density at radius 3 is 2.51 bits per heavy atom. The number of benzene rings is 1. The van der Waals surface area contributed by atoms with Crippen molar-refractivity contribution in [2.75, 3.05) is 26.3 Å². The van der Waals surface area contributed by atoms with E-state index in [1.807, 2.05) is 0 Å². The Hall–Kier alpha value is -2.48. The van der Waals surface area contributed by atoms with Gasteiger partial charge in [0.2, 0.25) is 11.8 Å². The van der Waals surface area contributed by atoms with Gasteiger partial charge in [0, 0.05) is 29.4 Å². The van der Waals surface area contributed by atoms with E-state index in [0.717, 1.165) is 30.2 Å². The largest absolute Gasteiger partial charge is 0.404 e. The number of alkyl halides is 2. The molecule has 11 nitrogen and oxygen atoms in total. The van der Waals surface area contributed by atoms with Gasteiger partial charge in [-0.3, -0.25) is 18.9 Å². The maximum atomic E-state index is 15.4. The topological polar surface area (TPSA) is 146 Å². The van der Waals surface area contributed by atoms with E-state index >= 15 is 8.78 Å². The van der Waals surface area contributed by atoms with Crippen LogP contribution in [0.2, 0.25) is 0 Å². The first-order chi connectivity index (χ1) is 21.5. The maximum Gasteiger partial charge on any atom is 0.404 e. The van der Waals surface area contributed by atoms with E-state index in [4.69, 9.17) is 9.05 Å². The zero-order valence-electron chi connectivity index (χ0n) is 25.2. The minimum Gasteiger partial charge on any atom is -0.390 e. The van der Waals surface area contributed by atoms with Crippen molar-refractivity contribution in [1.29, 1.82) is 0 Å². The summed E-state index contributed by atoms with van der Waals surface area (Å²) >= 11 is 1.10. The molecular formula is C30H39F2N4O7PS. The molecule has 0 radical (unpaired) electrons. The SMILES string of the molecule is CCOP(=O)(OCC)C(F)(F)c1ccc2sc(C(=O)N[C@H]3C[C@@H]4C[C@@H]4C[C@H]4CC[C@@H](C(=O)N[C@H]5CNC[C@@H]5O)N4C3=O)cc2c1. The van der Waals surface area contributed by atoms with Crippen molar-refractivity contribution in [3.05, 3.63) is 34.7 Å². The number of carbonyl (C=O) groups is 3. The number of hydrogen-bond donors (Lipinski definition) is 4. The summed E-state index contributed by atoms with van der Waals surface area (Å²) < 4.78 is 54.1. The van der Waals surface area contributed by atoms with Gasteiger partial charge in [-0.05, 0) is 81.4 Å². The summed E-state index contributed by atoms with van der Waals surface area (Å²) in [6, 6.07) is 3.20. The maximum absolute atomic E-state index is 15.4. The number of halogens is 2. The van der Waals surface area contributed by atoms with E-state index in [-0.39, 0.29) is 35.9 Å². The molecule has 2 aromatic rings. The van der Waals surface area contributed by atoms with Gasteiger partial charge in [0.05, 0.1) is 30.2 Å². The first-order valence-electron chi connectivity index (χ1n) is 15.6. The molecule has 6 rings (SSSR count). The van der Waals surface area contributed by atoms with Gasteiger partial charge in [-0.1, -0.05) is 6.07 Å². The number of thiophene rings is 1. The van der Waals surface area contributed by atoms with E-state index in [0.29, 0.717) is 54.3 Å². The summed E-state index contributed by atoms with van der Waals surface area (Å²) in [5.74, 6) is -0.361. The highest BCUT2D eigenvalue weighted by atomic mass is 32.1. The second-order valence-electron chi connectivity index (χ2n) is 12.3. The Labute approximate surface area is 263 Å². The molecule has 3 aliphatic heterocycles. The standard InChI is InChI=1S/C30H39F2N4O7PS/c1-3-42-44(41,43-4-2)30(31,32)19-5-8-25-18(10-19)13-26(45-25)28(39)34-21-12-17-9-16(17)11-20-6-7-23(36(20)29(21)40)27(38)35-22-14-33-15-24(22)37/h5,8,10,13,16-17,20-24,33,37H,3-4,6-7,9,11-12,14-15H2,1-2H3,(H,34,39)(H,35,38)/t16-,17+,20-,21+,22+,23+,24+/m1/s1. The summed E-state index contributed by atoms with van der Waals surface area (Å²) in [5, 5.41) is 19.3. The summed E-state index contributed by atoms with van der Waals surface area (Å²) in [6.07, 6.45) is 2.77. The molecule has 15 heteroatoms. The third-order valence-electron chi connectivity index (χ3n) is 9.38. The molecule has 0 bridgehead atoms. The van der Waals surface area contributed by atoms with Crippen LogP contribution in [0.5, 0.6) is 0 Å². The normalized spacial score (nSPS) is 30.0. The molecule has 246 valence electrons. The lowest BCUT2D eigenvalue weighted by Crippen LogP contribution is -2.58. The highest BCUT2D eigenvalue weighted by molar-refractivity contribution is 7.54. The van der Waals surface area contributed by atoms with Crippen LogP contribution in [0.25, 0.3) is 10.1 Å². The van der Waals surface area contributed by atoms with Crippen LogP contribution in [0.3, 0.4) is 0 Å². The second-order valence-corrected chi connectivity index (χ2v) is 15.5. The van der Waals surface area contributed by atoms with Crippen LogP contribution in [0.4, 0.5) is 8.78 Å². The fourth-order valence-corrected chi connectivity index (χ4v) is 9.49. The highest BCUT2D eigenvalue weighted by Gasteiger charge is 2.55.